The van der Waals surface area contributed by atoms with E-state index in [-0.39, 0.29) is 16.7 Å². The molecule has 0 bridgehead atoms. The normalized spacial score (nSPS) is 11.9. The van der Waals surface area contributed by atoms with Gasteiger partial charge in [-0.3, -0.25) is 9.67 Å². The van der Waals surface area contributed by atoms with Gasteiger partial charge < -0.3 is 14.6 Å². The molecular weight excluding hydrogens is 416 g/mol. The van der Waals surface area contributed by atoms with Crippen LogP contribution >= 0.6 is 0 Å². The number of alkyl halides is 2. The molecule has 0 saturated carbocycles. The van der Waals surface area contributed by atoms with Gasteiger partial charge in [0.1, 0.15) is 11.3 Å². The van der Waals surface area contributed by atoms with Crippen molar-refractivity contribution in [3.05, 3.63) is 72.1 Å². The van der Waals surface area contributed by atoms with Crippen LogP contribution in [-0.2, 0) is 12.5 Å². The highest BCUT2D eigenvalue weighted by Crippen LogP contribution is 2.34. The lowest BCUT2D eigenvalue weighted by Crippen LogP contribution is -2.07. The van der Waals surface area contributed by atoms with E-state index in [4.69, 9.17) is 14.4 Å². The Morgan fingerprint density at radius 1 is 1.12 bits per heavy atom. The summed E-state index contributed by atoms with van der Waals surface area (Å²) in [5.41, 5.74) is 3.12. The van der Waals surface area contributed by atoms with Gasteiger partial charge in [-0.1, -0.05) is 17.3 Å². The quantitative estimate of drug-likeness (QED) is 0.380. The van der Waals surface area contributed by atoms with Crippen molar-refractivity contribution in [3.63, 3.8) is 0 Å². The van der Waals surface area contributed by atoms with Crippen molar-refractivity contribution in [1.82, 2.24) is 19.9 Å². The molecule has 0 saturated heterocycles. The Balaban J connectivity index is 1.48. The second kappa shape index (κ2) is 7.60. The van der Waals surface area contributed by atoms with Crippen LogP contribution in [0.1, 0.15) is 18.2 Å². The van der Waals surface area contributed by atoms with E-state index in [1.807, 2.05) is 41.1 Å². The Kier molecular flexibility index (Phi) is 4.73. The number of benzene rings is 2. The van der Waals surface area contributed by atoms with Crippen LogP contribution < -0.4 is 10.1 Å². The van der Waals surface area contributed by atoms with E-state index in [2.05, 4.69) is 15.5 Å². The molecule has 9 heteroatoms. The largest absolute Gasteiger partial charge is 0.497 e. The van der Waals surface area contributed by atoms with Crippen LogP contribution in [0.4, 0.5) is 20.3 Å². The van der Waals surface area contributed by atoms with Crippen molar-refractivity contribution in [2.24, 2.45) is 0 Å². The number of halogens is 2. The van der Waals surface area contributed by atoms with E-state index < -0.39 is 5.92 Å². The first-order chi connectivity index (χ1) is 15.4. The summed E-state index contributed by atoms with van der Waals surface area (Å²) in [5, 5.41) is 11.7. The molecule has 0 spiro atoms. The number of hydrogen-bond acceptors (Lipinski definition) is 6. The summed E-state index contributed by atoms with van der Waals surface area (Å²) in [5.74, 6) is -1.75. The summed E-state index contributed by atoms with van der Waals surface area (Å²) in [7, 11) is 1.63. The predicted molar refractivity (Wildman–Crippen MR) is 116 cm³/mol. The van der Waals surface area contributed by atoms with Gasteiger partial charge in [-0.05, 0) is 42.0 Å². The summed E-state index contributed by atoms with van der Waals surface area (Å²) in [6, 6.07) is 16.4. The number of anilines is 2. The molecule has 5 aromatic rings. The molecule has 5 rings (SSSR count). The van der Waals surface area contributed by atoms with Gasteiger partial charge in [0.2, 0.25) is 0 Å². The fraction of sp³-hybridized carbons (Fsp3) is 0.174. The monoisotopic (exact) mass is 435 g/mol. The van der Waals surface area contributed by atoms with Crippen molar-refractivity contribution >= 4 is 33.5 Å². The Bertz CT molecular complexity index is 1400. The Hall–Kier alpha value is -4.01. The second-order valence-corrected chi connectivity index (χ2v) is 7.48. The van der Waals surface area contributed by atoms with Gasteiger partial charge in [0, 0.05) is 24.9 Å². The minimum Gasteiger partial charge on any atom is -0.497 e. The number of nitrogens with zero attached hydrogens (tertiary/aromatic N) is 4. The molecule has 2 aromatic carbocycles. The second-order valence-electron chi connectivity index (χ2n) is 7.48. The lowest BCUT2D eigenvalue weighted by molar-refractivity contribution is 0.0112. The fourth-order valence-corrected chi connectivity index (χ4v) is 3.59. The highest BCUT2D eigenvalue weighted by Gasteiger charge is 2.31. The molecule has 7 nitrogen and oxygen atoms in total. The van der Waals surface area contributed by atoms with Gasteiger partial charge >= 0.3 is 0 Å². The van der Waals surface area contributed by atoms with E-state index in [0.29, 0.717) is 23.6 Å². The van der Waals surface area contributed by atoms with Gasteiger partial charge in [0.25, 0.3) is 5.92 Å². The third kappa shape index (κ3) is 3.62. The highest BCUT2D eigenvalue weighted by molar-refractivity contribution is 5.90. The maximum atomic E-state index is 13.7. The Morgan fingerprint density at radius 2 is 1.94 bits per heavy atom. The van der Waals surface area contributed by atoms with Gasteiger partial charge in [-0.15, -0.1) is 0 Å². The number of ether oxygens (including phenoxy) is 1. The molecule has 0 radical (unpaired) electrons. The van der Waals surface area contributed by atoms with Crippen LogP contribution in [0.25, 0.3) is 22.0 Å². The molecule has 0 aliphatic carbocycles. The smallest absolute Gasteiger partial charge is 0.290 e. The molecule has 0 unspecified atom stereocenters. The maximum absolute atomic E-state index is 13.7. The molecule has 3 heterocycles. The molecule has 0 amide bonds. The minimum absolute atomic E-state index is 0.265. The third-order valence-electron chi connectivity index (χ3n) is 5.15. The van der Waals surface area contributed by atoms with Crippen molar-refractivity contribution < 1.29 is 18.0 Å². The fourth-order valence-electron chi connectivity index (χ4n) is 3.59. The number of methoxy groups -OCH3 is 1. The van der Waals surface area contributed by atoms with E-state index in [1.165, 1.54) is 0 Å². The van der Waals surface area contributed by atoms with E-state index >= 15 is 0 Å². The molecule has 162 valence electrons. The van der Waals surface area contributed by atoms with Crippen LogP contribution in [0, 0.1) is 0 Å². The summed E-state index contributed by atoms with van der Waals surface area (Å²) in [4.78, 5) is 4.46. The van der Waals surface area contributed by atoms with Crippen LogP contribution in [0.3, 0.4) is 0 Å². The Morgan fingerprint density at radius 3 is 2.69 bits per heavy atom. The summed E-state index contributed by atoms with van der Waals surface area (Å²) in [6.45, 7) is 1.34. The van der Waals surface area contributed by atoms with E-state index in [0.717, 1.165) is 23.8 Å². The average Bonchev–Trinajstić information content (AvgIpc) is 3.36. The molecule has 1 N–H and O–H groups in total. The van der Waals surface area contributed by atoms with Crippen LogP contribution in [0.2, 0.25) is 0 Å². The maximum Gasteiger partial charge on any atom is 0.290 e. The molecular formula is C23H19F2N5O2. The molecule has 0 aliphatic heterocycles. The number of aromatic nitrogens is 4. The molecule has 0 fully saturated rings. The van der Waals surface area contributed by atoms with Crippen molar-refractivity contribution in [2.45, 2.75) is 19.4 Å². The van der Waals surface area contributed by atoms with Gasteiger partial charge in [-0.25, -0.2) is 0 Å². The zero-order chi connectivity index (χ0) is 22.3. The number of fused-ring (bicyclic) bond motifs is 2. The lowest BCUT2D eigenvalue weighted by Gasteiger charge is -2.06. The van der Waals surface area contributed by atoms with Crippen LogP contribution in [0.15, 0.2) is 65.3 Å². The number of pyridine rings is 1. The zero-order valence-electron chi connectivity index (χ0n) is 17.3. The highest BCUT2D eigenvalue weighted by atomic mass is 19.3. The van der Waals surface area contributed by atoms with E-state index in [9.17, 15) is 8.78 Å². The van der Waals surface area contributed by atoms with E-state index in [1.54, 1.807) is 31.5 Å². The number of nitrogens with one attached hydrogen (secondary N) is 1. The van der Waals surface area contributed by atoms with Gasteiger partial charge in [0.05, 0.1) is 24.6 Å². The molecule has 32 heavy (non-hydrogen) atoms. The topological polar surface area (TPSA) is 78.0 Å². The lowest BCUT2D eigenvalue weighted by atomic mass is 10.1. The molecule has 0 aliphatic rings. The first-order valence-corrected chi connectivity index (χ1v) is 9.91. The van der Waals surface area contributed by atoms with Crippen LogP contribution in [-0.4, -0.2) is 27.0 Å². The number of rotatable bonds is 6. The molecule has 0 atom stereocenters. The standard InChI is InChI=1S/C23H19F2N5O2/c1-23(24,25)21-17-10-7-15(12-19(17)32-29-21)27-22-20-18(4-3-11-26-20)30(28-22)13-14-5-8-16(31-2)9-6-14/h3-12H,13H2,1-2H3,(H,27,28). The van der Waals surface area contributed by atoms with Crippen molar-refractivity contribution in [2.75, 3.05) is 12.4 Å². The molecule has 3 aromatic heterocycles. The van der Waals surface area contributed by atoms with Gasteiger partial charge in [0.15, 0.2) is 17.1 Å². The third-order valence-corrected chi connectivity index (χ3v) is 5.15. The Labute approximate surface area is 181 Å². The summed E-state index contributed by atoms with van der Waals surface area (Å²) < 4.78 is 39.6. The van der Waals surface area contributed by atoms with Crippen molar-refractivity contribution in [3.8, 4) is 5.75 Å². The average molecular weight is 435 g/mol. The van der Waals surface area contributed by atoms with Crippen molar-refractivity contribution in [1.29, 1.82) is 0 Å². The summed E-state index contributed by atoms with van der Waals surface area (Å²) >= 11 is 0. The van der Waals surface area contributed by atoms with Gasteiger partial charge in [-0.2, -0.15) is 13.9 Å². The predicted octanol–water partition coefficient (Wildman–Crippen LogP) is 5.48. The first-order valence-electron chi connectivity index (χ1n) is 9.91. The minimum atomic E-state index is -3.08. The zero-order valence-corrected chi connectivity index (χ0v) is 17.3. The number of hydrogen-bond donors (Lipinski definition) is 1. The summed E-state index contributed by atoms with van der Waals surface area (Å²) in [6.07, 6.45) is 1.70. The van der Waals surface area contributed by atoms with Crippen LogP contribution in [0.5, 0.6) is 5.75 Å². The first kappa shape index (κ1) is 19.9. The SMILES string of the molecule is COc1ccc(Cn2nc(Nc3ccc4c(C(C)(F)F)noc4c3)c3ncccc32)cc1.